The van der Waals surface area contributed by atoms with Crippen molar-refractivity contribution >= 4 is 5.65 Å². The molecule has 1 aromatic carbocycles. The summed E-state index contributed by atoms with van der Waals surface area (Å²) < 4.78 is 7.61. The fourth-order valence-electron chi connectivity index (χ4n) is 2.66. The van der Waals surface area contributed by atoms with Gasteiger partial charge in [-0.2, -0.15) is 0 Å². The van der Waals surface area contributed by atoms with Crippen molar-refractivity contribution in [1.29, 1.82) is 0 Å². The van der Waals surface area contributed by atoms with Gasteiger partial charge in [0.15, 0.2) is 0 Å². The van der Waals surface area contributed by atoms with E-state index >= 15 is 0 Å². The molecule has 0 amide bonds. The molecule has 3 aromatic rings. The van der Waals surface area contributed by atoms with Crippen molar-refractivity contribution in [2.24, 2.45) is 0 Å². The van der Waals surface area contributed by atoms with E-state index in [-0.39, 0.29) is 5.41 Å². The van der Waals surface area contributed by atoms with E-state index in [1.807, 2.05) is 18.3 Å². The molecule has 3 rings (SSSR count). The standard InChI is InChI=1S/C19H22N2O/c1-13-7-6-10-21-12-16(20-18(13)21)15-11-14(19(2,3)4)8-9-17(15)22-5/h6-12H,1-5H3. The molecule has 22 heavy (non-hydrogen) atoms. The summed E-state index contributed by atoms with van der Waals surface area (Å²) in [6.07, 6.45) is 4.09. The van der Waals surface area contributed by atoms with Crippen LogP contribution in [0.5, 0.6) is 5.75 Å². The van der Waals surface area contributed by atoms with Gasteiger partial charge in [-0.3, -0.25) is 0 Å². The van der Waals surface area contributed by atoms with Gasteiger partial charge in [-0.25, -0.2) is 4.98 Å². The van der Waals surface area contributed by atoms with Crippen LogP contribution in [0, 0.1) is 6.92 Å². The highest BCUT2D eigenvalue weighted by Gasteiger charge is 2.18. The first-order valence-corrected chi connectivity index (χ1v) is 7.53. The molecular weight excluding hydrogens is 272 g/mol. The van der Waals surface area contributed by atoms with Gasteiger partial charge in [-0.15, -0.1) is 0 Å². The second-order valence-corrected chi connectivity index (χ2v) is 6.71. The van der Waals surface area contributed by atoms with Gasteiger partial charge >= 0.3 is 0 Å². The Labute approximate surface area is 131 Å². The van der Waals surface area contributed by atoms with Crippen LogP contribution in [0.15, 0.2) is 42.7 Å². The number of ether oxygens (including phenoxy) is 1. The topological polar surface area (TPSA) is 26.5 Å². The van der Waals surface area contributed by atoms with Crippen LogP contribution in [0.4, 0.5) is 0 Å². The molecule has 0 N–H and O–H groups in total. The van der Waals surface area contributed by atoms with Gasteiger partial charge in [0.2, 0.25) is 0 Å². The lowest BCUT2D eigenvalue weighted by atomic mass is 9.86. The van der Waals surface area contributed by atoms with Crippen molar-refractivity contribution in [2.75, 3.05) is 7.11 Å². The van der Waals surface area contributed by atoms with Gasteiger partial charge in [0.05, 0.1) is 12.8 Å². The molecule has 2 heterocycles. The van der Waals surface area contributed by atoms with E-state index in [0.717, 1.165) is 22.7 Å². The summed E-state index contributed by atoms with van der Waals surface area (Å²) in [5.41, 5.74) is 5.50. The average Bonchev–Trinajstić information content (AvgIpc) is 2.91. The van der Waals surface area contributed by atoms with Crippen LogP contribution >= 0.6 is 0 Å². The molecule has 0 bridgehead atoms. The van der Waals surface area contributed by atoms with E-state index in [2.05, 4.69) is 56.5 Å². The summed E-state index contributed by atoms with van der Waals surface area (Å²) >= 11 is 0. The first-order chi connectivity index (χ1) is 10.4. The maximum atomic E-state index is 5.54. The quantitative estimate of drug-likeness (QED) is 0.689. The van der Waals surface area contributed by atoms with Crippen molar-refractivity contribution in [3.63, 3.8) is 0 Å². The lowest BCUT2D eigenvalue weighted by Gasteiger charge is -2.20. The summed E-state index contributed by atoms with van der Waals surface area (Å²) in [7, 11) is 1.71. The molecule has 3 nitrogen and oxygen atoms in total. The zero-order valence-corrected chi connectivity index (χ0v) is 13.8. The van der Waals surface area contributed by atoms with E-state index < -0.39 is 0 Å². The van der Waals surface area contributed by atoms with Gasteiger partial charge in [0.25, 0.3) is 0 Å². The van der Waals surface area contributed by atoms with Crippen LogP contribution in [0.3, 0.4) is 0 Å². The summed E-state index contributed by atoms with van der Waals surface area (Å²) in [5, 5.41) is 0. The van der Waals surface area contributed by atoms with E-state index in [4.69, 9.17) is 9.72 Å². The minimum Gasteiger partial charge on any atom is -0.496 e. The molecule has 0 aliphatic heterocycles. The summed E-state index contributed by atoms with van der Waals surface area (Å²) in [4.78, 5) is 4.80. The summed E-state index contributed by atoms with van der Waals surface area (Å²) in [6.45, 7) is 8.72. The van der Waals surface area contributed by atoms with Crippen molar-refractivity contribution in [3.05, 3.63) is 53.9 Å². The van der Waals surface area contributed by atoms with Crippen molar-refractivity contribution < 1.29 is 4.74 Å². The zero-order valence-electron chi connectivity index (χ0n) is 13.8. The van der Waals surface area contributed by atoms with Gasteiger partial charge in [-0.05, 0) is 41.7 Å². The van der Waals surface area contributed by atoms with Crippen LogP contribution in [0.1, 0.15) is 31.9 Å². The van der Waals surface area contributed by atoms with Gasteiger partial charge < -0.3 is 9.14 Å². The van der Waals surface area contributed by atoms with Gasteiger partial charge in [0.1, 0.15) is 11.4 Å². The summed E-state index contributed by atoms with van der Waals surface area (Å²) in [5.74, 6) is 0.856. The van der Waals surface area contributed by atoms with E-state index in [9.17, 15) is 0 Å². The molecule has 114 valence electrons. The number of rotatable bonds is 2. The molecule has 0 radical (unpaired) electrons. The Morgan fingerprint density at radius 3 is 2.55 bits per heavy atom. The molecule has 2 aromatic heterocycles. The number of hydrogen-bond donors (Lipinski definition) is 0. The minimum absolute atomic E-state index is 0.0933. The third-order valence-corrected chi connectivity index (χ3v) is 4.02. The fraction of sp³-hybridized carbons (Fsp3) is 0.316. The molecule has 0 unspecified atom stereocenters. The van der Waals surface area contributed by atoms with Gasteiger partial charge in [-0.1, -0.05) is 32.9 Å². The average molecular weight is 294 g/mol. The van der Waals surface area contributed by atoms with Crippen LogP contribution in [-0.4, -0.2) is 16.5 Å². The SMILES string of the molecule is COc1ccc(C(C)(C)C)cc1-c1cn2cccc(C)c2n1. The fourth-order valence-corrected chi connectivity index (χ4v) is 2.66. The maximum Gasteiger partial charge on any atom is 0.140 e. The summed E-state index contributed by atoms with van der Waals surface area (Å²) in [6, 6.07) is 10.5. The molecule has 0 saturated heterocycles. The molecule has 0 aliphatic rings. The lowest BCUT2D eigenvalue weighted by Crippen LogP contribution is -2.11. The molecule has 0 aliphatic carbocycles. The largest absolute Gasteiger partial charge is 0.496 e. The third kappa shape index (κ3) is 2.47. The van der Waals surface area contributed by atoms with Gasteiger partial charge in [0, 0.05) is 18.0 Å². The highest BCUT2D eigenvalue weighted by molar-refractivity contribution is 5.71. The molecule has 0 fully saturated rings. The van der Waals surface area contributed by atoms with Crippen molar-refractivity contribution in [2.45, 2.75) is 33.1 Å². The Bertz CT molecular complexity index is 825. The number of pyridine rings is 1. The number of fused-ring (bicyclic) bond motifs is 1. The van der Waals surface area contributed by atoms with Crippen LogP contribution in [0.25, 0.3) is 16.9 Å². The smallest absolute Gasteiger partial charge is 0.140 e. The third-order valence-electron chi connectivity index (χ3n) is 4.02. The van der Waals surface area contributed by atoms with Crippen LogP contribution in [0.2, 0.25) is 0 Å². The Hall–Kier alpha value is -2.29. The Balaban J connectivity index is 2.22. The van der Waals surface area contributed by atoms with Crippen molar-refractivity contribution in [3.8, 4) is 17.0 Å². The second kappa shape index (κ2) is 5.16. The number of methoxy groups -OCH3 is 1. The van der Waals surface area contributed by atoms with Crippen molar-refractivity contribution in [1.82, 2.24) is 9.38 Å². The van der Waals surface area contributed by atoms with Crippen LogP contribution in [-0.2, 0) is 5.41 Å². The van der Waals surface area contributed by atoms with E-state index in [0.29, 0.717) is 0 Å². The first kappa shape index (κ1) is 14.6. The number of imidazole rings is 1. The molecule has 3 heteroatoms. The number of aryl methyl sites for hydroxylation is 1. The number of benzene rings is 1. The molecular formula is C19H22N2O. The second-order valence-electron chi connectivity index (χ2n) is 6.71. The first-order valence-electron chi connectivity index (χ1n) is 7.53. The Kier molecular flexibility index (Phi) is 3.44. The zero-order chi connectivity index (χ0) is 15.9. The number of hydrogen-bond acceptors (Lipinski definition) is 2. The Morgan fingerprint density at radius 2 is 1.91 bits per heavy atom. The molecule has 0 saturated carbocycles. The Morgan fingerprint density at radius 1 is 1.14 bits per heavy atom. The molecule has 0 atom stereocenters. The lowest BCUT2D eigenvalue weighted by molar-refractivity contribution is 0.415. The number of nitrogens with zero attached hydrogens (tertiary/aromatic N) is 2. The number of aromatic nitrogens is 2. The van der Waals surface area contributed by atoms with E-state index in [1.54, 1.807) is 7.11 Å². The maximum absolute atomic E-state index is 5.54. The monoisotopic (exact) mass is 294 g/mol. The van der Waals surface area contributed by atoms with E-state index in [1.165, 1.54) is 11.1 Å². The normalized spacial score (nSPS) is 11.9. The predicted molar refractivity (Wildman–Crippen MR) is 90.6 cm³/mol. The minimum atomic E-state index is 0.0933. The molecule has 0 spiro atoms. The highest BCUT2D eigenvalue weighted by Crippen LogP contribution is 2.34. The highest BCUT2D eigenvalue weighted by atomic mass is 16.5. The van der Waals surface area contributed by atoms with Crippen LogP contribution < -0.4 is 4.74 Å². The predicted octanol–water partition coefficient (Wildman–Crippen LogP) is 4.62.